The molecule has 8 heteroatoms. The molecule has 0 aliphatic carbocycles. The van der Waals surface area contributed by atoms with Gasteiger partial charge in [0.25, 0.3) is 5.82 Å². The van der Waals surface area contributed by atoms with Crippen LogP contribution in [-0.2, 0) is 4.74 Å². The Kier molecular flexibility index (Phi) is 3.04. The molecule has 0 aliphatic heterocycles. The molecule has 0 fully saturated rings. The third kappa shape index (κ3) is 1.75. The van der Waals surface area contributed by atoms with Gasteiger partial charge in [0.05, 0.1) is 7.11 Å². The largest absolute Gasteiger partial charge is 0.463 e. The minimum atomic E-state index is -0.705. The molecule has 0 amide bonds. The molecule has 1 rings (SSSR count). The van der Waals surface area contributed by atoms with Crippen LogP contribution in [0, 0.1) is 0 Å². The van der Waals surface area contributed by atoms with Gasteiger partial charge in [0.15, 0.2) is 12.3 Å². The van der Waals surface area contributed by atoms with Gasteiger partial charge in [-0.1, -0.05) is 0 Å². The van der Waals surface area contributed by atoms with Crippen molar-refractivity contribution in [2.75, 3.05) is 7.11 Å². The lowest BCUT2D eigenvalue weighted by Crippen LogP contribution is -2.03. The van der Waals surface area contributed by atoms with Gasteiger partial charge in [0.2, 0.25) is 4.73 Å². The molecule has 0 saturated heterocycles. The number of carbonyl (C=O) groups excluding carboxylic acids is 1. The van der Waals surface area contributed by atoms with Gasteiger partial charge in [-0.05, 0) is 15.9 Å². The Morgan fingerprint density at radius 2 is 2.50 bits per heavy atom. The molecule has 0 bridgehead atoms. The maximum Gasteiger partial charge on any atom is 0.378 e. The summed E-state index contributed by atoms with van der Waals surface area (Å²) in [4.78, 5) is 14.4. The van der Waals surface area contributed by atoms with E-state index in [0.29, 0.717) is 0 Å². The fourth-order valence-corrected chi connectivity index (χ4v) is 1.12. The van der Waals surface area contributed by atoms with E-state index in [1.54, 1.807) is 0 Å². The Morgan fingerprint density at radius 3 is 2.92 bits per heavy atom. The van der Waals surface area contributed by atoms with E-state index in [9.17, 15) is 8.68 Å². The maximum absolute atomic E-state index is 12.0. The first-order valence-electron chi connectivity index (χ1n) is 2.69. The van der Waals surface area contributed by atoms with E-state index in [-0.39, 0.29) is 22.9 Å². The fourth-order valence-electron chi connectivity index (χ4n) is 0.501. The second kappa shape index (κ2) is 3.85. The number of aromatic nitrogens is 3. The molecular formula is C4H3BrFN3O2S. The first-order valence-corrected chi connectivity index (χ1v) is 4.15. The number of methoxy groups -OCH3 is 1. The Bertz CT molecular complexity index is 304. The minimum Gasteiger partial charge on any atom is -0.463 e. The SMILES string of the molecule is COC(=O)c1nc(Br)n(SF)n1. The molecule has 0 aromatic carbocycles. The standard InChI is InChI=1S/C4H3BrFN3O2S/c1-11-3(10)2-7-4(5)9(8-2)12-6/h1H3. The Morgan fingerprint density at radius 1 is 1.83 bits per heavy atom. The van der Waals surface area contributed by atoms with E-state index in [4.69, 9.17) is 0 Å². The van der Waals surface area contributed by atoms with Crippen LogP contribution in [-0.4, -0.2) is 27.2 Å². The number of rotatable bonds is 2. The van der Waals surface area contributed by atoms with Crippen LogP contribution in [0.15, 0.2) is 4.73 Å². The van der Waals surface area contributed by atoms with Crippen molar-refractivity contribution in [1.82, 2.24) is 14.2 Å². The van der Waals surface area contributed by atoms with Gasteiger partial charge in [0.1, 0.15) is 0 Å². The number of halogens is 2. The van der Waals surface area contributed by atoms with Crippen LogP contribution in [0.5, 0.6) is 0 Å². The maximum atomic E-state index is 12.0. The topological polar surface area (TPSA) is 57.0 Å². The van der Waals surface area contributed by atoms with Gasteiger partial charge < -0.3 is 4.74 Å². The summed E-state index contributed by atoms with van der Waals surface area (Å²) in [5.41, 5.74) is 0. The molecule has 1 heterocycles. The molecule has 0 atom stereocenters. The molecular weight excluding hydrogens is 253 g/mol. The molecule has 0 N–H and O–H groups in total. The predicted molar refractivity (Wildman–Crippen MR) is 43.2 cm³/mol. The lowest BCUT2D eigenvalue weighted by Gasteiger charge is -1.89. The number of nitrogens with zero attached hydrogens (tertiary/aromatic N) is 3. The van der Waals surface area contributed by atoms with Crippen molar-refractivity contribution in [2.45, 2.75) is 0 Å². The molecule has 0 spiro atoms. The van der Waals surface area contributed by atoms with E-state index in [2.05, 4.69) is 30.7 Å². The Hall–Kier alpha value is -0.630. The zero-order valence-corrected chi connectivity index (χ0v) is 8.22. The summed E-state index contributed by atoms with van der Waals surface area (Å²) < 4.78 is 17.2. The van der Waals surface area contributed by atoms with E-state index in [1.807, 2.05) is 0 Å². The van der Waals surface area contributed by atoms with Gasteiger partial charge in [0, 0.05) is 0 Å². The highest BCUT2D eigenvalue weighted by Crippen LogP contribution is 2.15. The van der Waals surface area contributed by atoms with Crippen LogP contribution in [0.3, 0.4) is 0 Å². The molecule has 0 unspecified atom stereocenters. The van der Waals surface area contributed by atoms with Crippen LogP contribution in [0.2, 0.25) is 0 Å². The normalized spacial score (nSPS) is 9.92. The number of hydrogen-bond acceptors (Lipinski definition) is 5. The average molecular weight is 256 g/mol. The van der Waals surface area contributed by atoms with Crippen molar-refractivity contribution in [3.8, 4) is 0 Å². The van der Waals surface area contributed by atoms with Gasteiger partial charge >= 0.3 is 5.97 Å². The lowest BCUT2D eigenvalue weighted by molar-refractivity contribution is 0.0587. The van der Waals surface area contributed by atoms with Crippen molar-refractivity contribution in [3.05, 3.63) is 10.6 Å². The van der Waals surface area contributed by atoms with E-state index in [0.717, 1.165) is 4.09 Å². The van der Waals surface area contributed by atoms with Crippen molar-refractivity contribution >= 4 is 34.2 Å². The highest BCUT2D eigenvalue weighted by Gasteiger charge is 2.15. The van der Waals surface area contributed by atoms with Crippen molar-refractivity contribution in [1.29, 1.82) is 0 Å². The quantitative estimate of drug-likeness (QED) is 0.744. The first kappa shape index (κ1) is 9.46. The molecule has 66 valence electrons. The number of ether oxygens (including phenoxy) is 1. The lowest BCUT2D eigenvalue weighted by atomic mass is 10.6. The van der Waals surface area contributed by atoms with Crippen molar-refractivity contribution < 1.29 is 13.4 Å². The van der Waals surface area contributed by atoms with Gasteiger partial charge in [-0.15, -0.1) is 13.1 Å². The van der Waals surface area contributed by atoms with E-state index >= 15 is 0 Å². The molecule has 0 radical (unpaired) electrons. The zero-order valence-electron chi connectivity index (χ0n) is 5.82. The van der Waals surface area contributed by atoms with Crippen LogP contribution >= 0.6 is 28.3 Å². The fraction of sp³-hybridized carbons (Fsp3) is 0.250. The highest BCUT2D eigenvalue weighted by atomic mass is 79.9. The summed E-state index contributed by atoms with van der Waals surface area (Å²) in [5, 5.41) is 3.47. The molecule has 0 aliphatic rings. The van der Waals surface area contributed by atoms with Crippen LogP contribution < -0.4 is 0 Å². The third-order valence-corrected chi connectivity index (χ3v) is 2.11. The Balaban J connectivity index is 2.96. The number of hydrogen-bond donors (Lipinski definition) is 0. The van der Waals surface area contributed by atoms with Crippen LogP contribution in [0.1, 0.15) is 10.6 Å². The molecule has 1 aromatic rings. The highest BCUT2D eigenvalue weighted by molar-refractivity contribution is 9.10. The van der Waals surface area contributed by atoms with Crippen LogP contribution in [0.25, 0.3) is 0 Å². The van der Waals surface area contributed by atoms with Gasteiger partial charge in [-0.25, -0.2) is 4.79 Å². The average Bonchev–Trinajstić information content (AvgIpc) is 2.45. The van der Waals surface area contributed by atoms with E-state index < -0.39 is 5.97 Å². The van der Waals surface area contributed by atoms with Crippen LogP contribution in [0.4, 0.5) is 3.89 Å². The number of carbonyl (C=O) groups is 1. The summed E-state index contributed by atoms with van der Waals surface area (Å²) in [6.07, 6.45) is 0. The zero-order chi connectivity index (χ0) is 9.14. The first-order chi connectivity index (χ1) is 5.69. The minimum absolute atomic E-state index is 0.121. The Labute approximate surface area is 79.9 Å². The summed E-state index contributed by atoms with van der Waals surface area (Å²) in [6.45, 7) is 0. The second-order valence-electron chi connectivity index (χ2n) is 1.64. The monoisotopic (exact) mass is 255 g/mol. The molecule has 0 saturated carbocycles. The third-order valence-electron chi connectivity index (χ3n) is 0.975. The summed E-state index contributed by atoms with van der Waals surface area (Å²) in [6, 6.07) is 0. The number of esters is 1. The molecule has 1 aromatic heterocycles. The van der Waals surface area contributed by atoms with Crippen molar-refractivity contribution in [2.24, 2.45) is 0 Å². The summed E-state index contributed by atoms with van der Waals surface area (Å²) in [7, 11) is 1.19. The van der Waals surface area contributed by atoms with Gasteiger partial charge in [-0.3, -0.25) is 0 Å². The van der Waals surface area contributed by atoms with Gasteiger partial charge in [-0.2, -0.15) is 4.98 Å². The van der Waals surface area contributed by atoms with Crippen molar-refractivity contribution in [3.63, 3.8) is 0 Å². The smallest absolute Gasteiger partial charge is 0.378 e. The summed E-state index contributed by atoms with van der Waals surface area (Å²) >= 11 is 2.73. The summed E-state index contributed by atoms with van der Waals surface area (Å²) in [5.74, 6) is -0.891. The molecule has 5 nitrogen and oxygen atoms in total. The molecule has 12 heavy (non-hydrogen) atoms. The van der Waals surface area contributed by atoms with E-state index in [1.165, 1.54) is 7.11 Å². The predicted octanol–water partition coefficient (Wildman–Crippen LogP) is 1.21. The second-order valence-corrected chi connectivity index (χ2v) is 2.83.